The normalized spacial score (nSPS) is 21.2. The lowest BCUT2D eigenvalue weighted by Gasteiger charge is -2.21. The molecule has 3 heteroatoms. The topological polar surface area (TPSA) is 24.4 Å². The SMILES string of the molecule is CC1CCSC(NC(C)CCc2ccccc2)=N1. The van der Waals surface area contributed by atoms with Gasteiger partial charge in [-0.15, -0.1) is 0 Å². The second-order valence-electron chi connectivity index (χ2n) is 4.99. The van der Waals surface area contributed by atoms with Gasteiger partial charge in [0.05, 0.1) is 6.04 Å². The third kappa shape index (κ3) is 4.37. The minimum Gasteiger partial charge on any atom is -0.362 e. The van der Waals surface area contributed by atoms with Crippen molar-refractivity contribution in [3.63, 3.8) is 0 Å². The van der Waals surface area contributed by atoms with Crippen LogP contribution in [0, 0.1) is 0 Å². The molecule has 0 bridgehead atoms. The molecule has 0 fully saturated rings. The molecule has 1 heterocycles. The number of nitrogens with zero attached hydrogens (tertiary/aromatic N) is 1. The van der Waals surface area contributed by atoms with E-state index in [0.29, 0.717) is 12.1 Å². The monoisotopic (exact) mass is 262 g/mol. The van der Waals surface area contributed by atoms with Gasteiger partial charge < -0.3 is 5.32 Å². The van der Waals surface area contributed by atoms with Gasteiger partial charge in [0, 0.05) is 11.8 Å². The maximum absolute atomic E-state index is 4.65. The van der Waals surface area contributed by atoms with E-state index in [1.807, 2.05) is 11.8 Å². The Morgan fingerprint density at radius 3 is 2.89 bits per heavy atom. The first-order valence-corrected chi connectivity index (χ1v) is 7.73. The van der Waals surface area contributed by atoms with Crippen LogP contribution in [0.2, 0.25) is 0 Å². The summed E-state index contributed by atoms with van der Waals surface area (Å²) in [6.07, 6.45) is 3.48. The van der Waals surface area contributed by atoms with E-state index in [1.54, 1.807) is 0 Å². The smallest absolute Gasteiger partial charge is 0.157 e. The van der Waals surface area contributed by atoms with Crippen LogP contribution in [0.5, 0.6) is 0 Å². The largest absolute Gasteiger partial charge is 0.362 e. The number of aryl methyl sites for hydroxylation is 1. The van der Waals surface area contributed by atoms with Gasteiger partial charge in [0.15, 0.2) is 5.17 Å². The standard InChI is InChI=1S/C15H22N2S/c1-12(8-9-14-6-4-3-5-7-14)16-15-17-13(2)10-11-18-15/h3-7,12-13H,8-11H2,1-2H3,(H,16,17). The molecule has 2 atom stereocenters. The lowest BCUT2D eigenvalue weighted by molar-refractivity contribution is 0.603. The molecule has 0 saturated carbocycles. The number of benzene rings is 1. The van der Waals surface area contributed by atoms with Crippen LogP contribution in [0.3, 0.4) is 0 Å². The molecular weight excluding hydrogens is 240 g/mol. The highest BCUT2D eigenvalue weighted by molar-refractivity contribution is 8.13. The van der Waals surface area contributed by atoms with E-state index in [9.17, 15) is 0 Å². The summed E-state index contributed by atoms with van der Waals surface area (Å²) in [5, 5.41) is 4.67. The van der Waals surface area contributed by atoms with E-state index in [0.717, 1.165) is 18.0 Å². The van der Waals surface area contributed by atoms with Crippen molar-refractivity contribution in [1.29, 1.82) is 0 Å². The maximum atomic E-state index is 4.65. The number of rotatable bonds is 4. The predicted molar refractivity (Wildman–Crippen MR) is 81.3 cm³/mol. The zero-order valence-electron chi connectivity index (χ0n) is 11.2. The average molecular weight is 262 g/mol. The van der Waals surface area contributed by atoms with E-state index >= 15 is 0 Å². The van der Waals surface area contributed by atoms with Crippen molar-refractivity contribution in [1.82, 2.24) is 5.32 Å². The predicted octanol–water partition coefficient (Wildman–Crippen LogP) is 3.48. The zero-order chi connectivity index (χ0) is 12.8. The van der Waals surface area contributed by atoms with Crippen LogP contribution in [0.25, 0.3) is 0 Å². The van der Waals surface area contributed by atoms with Crippen molar-refractivity contribution < 1.29 is 0 Å². The lowest BCUT2D eigenvalue weighted by Crippen LogP contribution is -2.33. The molecule has 1 aliphatic rings. The first-order chi connectivity index (χ1) is 8.74. The fourth-order valence-electron chi connectivity index (χ4n) is 2.02. The van der Waals surface area contributed by atoms with Crippen LogP contribution < -0.4 is 5.32 Å². The fourth-order valence-corrected chi connectivity index (χ4v) is 3.21. The molecule has 18 heavy (non-hydrogen) atoms. The van der Waals surface area contributed by atoms with Crippen molar-refractivity contribution in [2.75, 3.05) is 5.75 Å². The molecule has 1 aliphatic heterocycles. The summed E-state index contributed by atoms with van der Waals surface area (Å²) in [4.78, 5) is 4.65. The first-order valence-electron chi connectivity index (χ1n) is 6.75. The van der Waals surface area contributed by atoms with Gasteiger partial charge in [-0.25, -0.2) is 0 Å². The molecule has 0 aromatic heterocycles. The Balaban J connectivity index is 1.77. The van der Waals surface area contributed by atoms with E-state index < -0.39 is 0 Å². The number of hydrogen-bond acceptors (Lipinski definition) is 3. The molecule has 2 rings (SSSR count). The van der Waals surface area contributed by atoms with Crippen LogP contribution in [-0.4, -0.2) is 23.0 Å². The van der Waals surface area contributed by atoms with Crippen LogP contribution in [-0.2, 0) is 6.42 Å². The molecule has 1 aromatic rings. The van der Waals surface area contributed by atoms with Gasteiger partial charge >= 0.3 is 0 Å². The zero-order valence-corrected chi connectivity index (χ0v) is 12.0. The lowest BCUT2D eigenvalue weighted by atomic mass is 10.1. The molecule has 1 N–H and O–H groups in total. The number of nitrogens with one attached hydrogen (secondary N) is 1. The van der Waals surface area contributed by atoms with Crippen LogP contribution >= 0.6 is 11.8 Å². The molecule has 1 aromatic carbocycles. The molecule has 98 valence electrons. The van der Waals surface area contributed by atoms with Crippen molar-refractivity contribution in [3.8, 4) is 0 Å². The highest BCUT2D eigenvalue weighted by Gasteiger charge is 2.13. The summed E-state index contributed by atoms with van der Waals surface area (Å²) in [5.41, 5.74) is 1.41. The number of thioether (sulfide) groups is 1. The third-order valence-electron chi connectivity index (χ3n) is 3.19. The Hall–Kier alpha value is -0.960. The molecule has 0 amide bonds. The van der Waals surface area contributed by atoms with Gasteiger partial charge in [-0.2, -0.15) is 0 Å². The minimum atomic E-state index is 0.482. The number of hydrogen-bond donors (Lipinski definition) is 1. The maximum Gasteiger partial charge on any atom is 0.157 e. The second-order valence-corrected chi connectivity index (χ2v) is 6.07. The second kappa shape index (κ2) is 6.83. The van der Waals surface area contributed by atoms with E-state index in [1.165, 1.54) is 17.7 Å². The molecule has 0 saturated heterocycles. The van der Waals surface area contributed by atoms with Crippen LogP contribution in [0.1, 0.15) is 32.3 Å². The van der Waals surface area contributed by atoms with Crippen molar-refractivity contribution in [3.05, 3.63) is 35.9 Å². The van der Waals surface area contributed by atoms with Gasteiger partial charge in [-0.05, 0) is 38.7 Å². The van der Waals surface area contributed by atoms with Gasteiger partial charge in [0.2, 0.25) is 0 Å². The van der Waals surface area contributed by atoms with Crippen molar-refractivity contribution in [2.45, 2.75) is 45.2 Å². The van der Waals surface area contributed by atoms with Crippen LogP contribution in [0.4, 0.5) is 0 Å². The fraction of sp³-hybridized carbons (Fsp3) is 0.533. The average Bonchev–Trinajstić information content (AvgIpc) is 2.38. The summed E-state index contributed by atoms with van der Waals surface area (Å²) in [7, 11) is 0. The quantitative estimate of drug-likeness (QED) is 0.898. The number of aliphatic imine (C=N–C) groups is 1. The van der Waals surface area contributed by atoms with Crippen molar-refractivity contribution >= 4 is 16.9 Å². The molecule has 0 aliphatic carbocycles. The van der Waals surface area contributed by atoms with Gasteiger partial charge in [-0.1, -0.05) is 42.1 Å². The minimum absolute atomic E-state index is 0.482. The Morgan fingerprint density at radius 2 is 2.17 bits per heavy atom. The van der Waals surface area contributed by atoms with E-state index in [2.05, 4.69) is 54.5 Å². The van der Waals surface area contributed by atoms with Crippen molar-refractivity contribution in [2.24, 2.45) is 4.99 Å². The number of amidine groups is 1. The highest BCUT2D eigenvalue weighted by Crippen LogP contribution is 2.16. The van der Waals surface area contributed by atoms with Gasteiger partial charge in [-0.3, -0.25) is 4.99 Å². The highest BCUT2D eigenvalue weighted by atomic mass is 32.2. The molecule has 0 radical (unpaired) electrons. The Kier molecular flexibility index (Phi) is 5.12. The van der Waals surface area contributed by atoms with Gasteiger partial charge in [0.1, 0.15) is 0 Å². The Morgan fingerprint density at radius 1 is 1.39 bits per heavy atom. The molecule has 2 unspecified atom stereocenters. The Labute approximate surface area is 114 Å². The van der Waals surface area contributed by atoms with E-state index in [-0.39, 0.29) is 0 Å². The van der Waals surface area contributed by atoms with E-state index in [4.69, 9.17) is 0 Å². The molecular formula is C15H22N2S. The molecule has 2 nitrogen and oxygen atoms in total. The molecule has 0 spiro atoms. The summed E-state index contributed by atoms with van der Waals surface area (Å²) in [6, 6.07) is 11.6. The van der Waals surface area contributed by atoms with Gasteiger partial charge in [0.25, 0.3) is 0 Å². The summed E-state index contributed by atoms with van der Waals surface area (Å²) < 4.78 is 0. The third-order valence-corrected chi connectivity index (χ3v) is 4.13. The first kappa shape index (κ1) is 13.5. The summed E-state index contributed by atoms with van der Waals surface area (Å²) in [6.45, 7) is 4.43. The Bertz CT molecular complexity index is 389. The summed E-state index contributed by atoms with van der Waals surface area (Å²) in [5.74, 6) is 1.19. The van der Waals surface area contributed by atoms with Crippen LogP contribution in [0.15, 0.2) is 35.3 Å². The summed E-state index contributed by atoms with van der Waals surface area (Å²) >= 11 is 1.86.